The number of H-pyrrole nitrogens is 1. The monoisotopic (exact) mass is 300 g/mol. The minimum atomic E-state index is -3.51. The zero-order valence-corrected chi connectivity index (χ0v) is 12.4. The van der Waals surface area contributed by atoms with E-state index >= 15 is 0 Å². The Morgan fingerprint density at radius 1 is 1.47 bits per heavy atom. The van der Waals surface area contributed by atoms with Gasteiger partial charge < -0.3 is 5.73 Å². The molecule has 0 aliphatic heterocycles. The molecule has 0 radical (unpaired) electrons. The molecule has 2 aromatic rings. The van der Waals surface area contributed by atoms with Gasteiger partial charge in [0.25, 0.3) is 0 Å². The van der Waals surface area contributed by atoms with Crippen molar-refractivity contribution in [2.24, 2.45) is 5.73 Å². The Bertz CT molecular complexity index is 673. The maximum Gasteiger partial charge on any atom is 0.241 e. The first-order valence-electron chi connectivity index (χ1n) is 5.72. The number of hydrogen-bond acceptors (Lipinski definition) is 5. The number of sulfonamides is 1. The van der Waals surface area contributed by atoms with Gasteiger partial charge >= 0.3 is 0 Å². The molecule has 2 rings (SSSR count). The third kappa shape index (κ3) is 3.03. The van der Waals surface area contributed by atoms with E-state index in [1.165, 1.54) is 11.3 Å². The maximum atomic E-state index is 12.2. The Labute approximate surface area is 116 Å². The lowest BCUT2D eigenvalue weighted by Crippen LogP contribution is -2.23. The van der Waals surface area contributed by atoms with Crippen LogP contribution in [0.25, 0.3) is 0 Å². The average molecular weight is 300 g/mol. The van der Waals surface area contributed by atoms with Gasteiger partial charge in [-0.05, 0) is 19.9 Å². The summed E-state index contributed by atoms with van der Waals surface area (Å²) in [6, 6.07) is 1.63. The summed E-state index contributed by atoms with van der Waals surface area (Å²) in [6.45, 7) is 4.19. The van der Waals surface area contributed by atoms with E-state index in [0.29, 0.717) is 11.4 Å². The molecule has 0 saturated carbocycles. The van der Waals surface area contributed by atoms with Crippen molar-refractivity contribution >= 4 is 21.4 Å². The lowest BCUT2D eigenvalue weighted by atomic mass is 10.3. The zero-order chi connectivity index (χ0) is 14.0. The predicted molar refractivity (Wildman–Crippen MR) is 74.3 cm³/mol. The van der Waals surface area contributed by atoms with E-state index in [1.54, 1.807) is 19.2 Å². The van der Waals surface area contributed by atoms with Crippen molar-refractivity contribution in [2.45, 2.75) is 31.8 Å². The quantitative estimate of drug-likeness (QED) is 0.767. The van der Waals surface area contributed by atoms with Crippen LogP contribution in [0.2, 0.25) is 0 Å². The fourth-order valence-electron chi connectivity index (χ4n) is 1.70. The second kappa shape index (κ2) is 5.41. The average Bonchev–Trinajstić information content (AvgIpc) is 2.93. The van der Waals surface area contributed by atoms with Gasteiger partial charge in [0, 0.05) is 34.1 Å². The SMILES string of the molecule is Cc1[nH]ncc1CNS(=O)(=O)c1cc(CN)sc1C. The summed E-state index contributed by atoms with van der Waals surface area (Å²) in [5.41, 5.74) is 7.21. The molecule has 0 unspecified atom stereocenters. The largest absolute Gasteiger partial charge is 0.326 e. The van der Waals surface area contributed by atoms with Crippen LogP contribution in [0.4, 0.5) is 0 Å². The van der Waals surface area contributed by atoms with Crippen molar-refractivity contribution in [3.8, 4) is 0 Å². The third-order valence-electron chi connectivity index (χ3n) is 2.80. The van der Waals surface area contributed by atoms with E-state index in [2.05, 4.69) is 14.9 Å². The molecule has 2 heterocycles. The molecule has 0 aliphatic rings. The topological polar surface area (TPSA) is 101 Å². The molecule has 0 bridgehead atoms. The molecule has 0 saturated heterocycles. The Kier molecular flexibility index (Phi) is 4.04. The molecule has 104 valence electrons. The van der Waals surface area contributed by atoms with E-state index in [-0.39, 0.29) is 6.54 Å². The molecule has 8 heteroatoms. The van der Waals surface area contributed by atoms with E-state index in [9.17, 15) is 8.42 Å². The van der Waals surface area contributed by atoms with Crippen molar-refractivity contribution in [1.29, 1.82) is 0 Å². The molecule has 0 aromatic carbocycles. The van der Waals surface area contributed by atoms with Crippen LogP contribution in [0.1, 0.15) is 21.0 Å². The number of thiophene rings is 1. The Morgan fingerprint density at radius 3 is 2.74 bits per heavy atom. The van der Waals surface area contributed by atoms with Crippen LogP contribution in [0, 0.1) is 13.8 Å². The van der Waals surface area contributed by atoms with Crippen molar-refractivity contribution in [3.63, 3.8) is 0 Å². The second-order valence-corrected chi connectivity index (χ2v) is 7.26. The highest BCUT2D eigenvalue weighted by Crippen LogP contribution is 2.25. The molecule has 4 N–H and O–H groups in total. The fraction of sp³-hybridized carbons (Fsp3) is 0.364. The van der Waals surface area contributed by atoms with Crippen molar-refractivity contribution in [3.05, 3.63) is 33.3 Å². The summed E-state index contributed by atoms with van der Waals surface area (Å²) in [5, 5.41) is 6.63. The number of nitrogens with zero attached hydrogens (tertiary/aromatic N) is 1. The van der Waals surface area contributed by atoms with Crippen LogP contribution in [-0.4, -0.2) is 18.6 Å². The van der Waals surface area contributed by atoms with Crippen LogP contribution < -0.4 is 10.5 Å². The van der Waals surface area contributed by atoms with Gasteiger partial charge in [-0.15, -0.1) is 11.3 Å². The van der Waals surface area contributed by atoms with Crippen LogP contribution in [0.15, 0.2) is 17.2 Å². The molecular formula is C11H16N4O2S2. The standard InChI is InChI=1S/C11H16N4O2S2/c1-7-9(5-13-15-7)6-14-19(16,17)11-3-10(4-12)18-8(11)2/h3,5,14H,4,6,12H2,1-2H3,(H,13,15). The van der Waals surface area contributed by atoms with Gasteiger partial charge in [0.1, 0.15) is 0 Å². The van der Waals surface area contributed by atoms with Crippen LogP contribution in [-0.2, 0) is 23.1 Å². The highest BCUT2D eigenvalue weighted by atomic mass is 32.2. The number of nitrogens with one attached hydrogen (secondary N) is 2. The number of nitrogens with two attached hydrogens (primary N) is 1. The Hall–Kier alpha value is -1.22. The van der Waals surface area contributed by atoms with Gasteiger partial charge in [0.2, 0.25) is 10.0 Å². The van der Waals surface area contributed by atoms with Gasteiger partial charge in [-0.25, -0.2) is 13.1 Å². The second-order valence-electron chi connectivity index (χ2n) is 4.18. The molecule has 0 atom stereocenters. The number of rotatable bonds is 5. The molecule has 0 spiro atoms. The number of hydrogen-bond donors (Lipinski definition) is 3. The summed E-state index contributed by atoms with van der Waals surface area (Å²) in [6.07, 6.45) is 1.61. The highest BCUT2D eigenvalue weighted by molar-refractivity contribution is 7.89. The van der Waals surface area contributed by atoms with E-state index in [4.69, 9.17) is 5.73 Å². The summed E-state index contributed by atoms with van der Waals surface area (Å²) >= 11 is 1.41. The molecule has 2 aromatic heterocycles. The van der Waals surface area contributed by atoms with Gasteiger partial charge in [-0.3, -0.25) is 5.10 Å². The van der Waals surface area contributed by atoms with Gasteiger partial charge in [0.15, 0.2) is 0 Å². The predicted octanol–water partition coefficient (Wildman–Crippen LogP) is 1.03. The summed E-state index contributed by atoms with van der Waals surface area (Å²) in [4.78, 5) is 1.91. The highest BCUT2D eigenvalue weighted by Gasteiger charge is 2.19. The molecule has 19 heavy (non-hydrogen) atoms. The minimum absolute atomic E-state index is 0.220. The first-order chi connectivity index (χ1) is 8.94. The molecule has 6 nitrogen and oxygen atoms in total. The number of aromatic amines is 1. The minimum Gasteiger partial charge on any atom is -0.326 e. The van der Waals surface area contributed by atoms with Gasteiger partial charge in [-0.2, -0.15) is 5.10 Å². The number of aryl methyl sites for hydroxylation is 2. The normalized spacial score (nSPS) is 11.9. The van der Waals surface area contributed by atoms with E-state index in [1.807, 2.05) is 6.92 Å². The van der Waals surface area contributed by atoms with Crippen LogP contribution >= 0.6 is 11.3 Å². The zero-order valence-electron chi connectivity index (χ0n) is 10.7. The summed E-state index contributed by atoms with van der Waals surface area (Å²) in [5.74, 6) is 0. The third-order valence-corrected chi connectivity index (χ3v) is 5.53. The van der Waals surface area contributed by atoms with Crippen molar-refractivity contribution < 1.29 is 8.42 Å². The van der Waals surface area contributed by atoms with Gasteiger partial charge in [0.05, 0.1) is 11.1 Å². The summed E-state index contributed by atoms with van der Waals surface area (Å²) in [7, 11) is -3.51. The van der Waals surface area contributed by atoms with E-state index < -0.39 is 10.0 Å². The molecular weight excluding hydrogens is 284 g/mol. The Balaban J connectivity index is 2.18. The molecule has 0 aliphatic carbocycles. The van der Waals surface area contributed by atoms with Crippen molar-refractivity contribution in [1.82, 2.24) is 14.9 Å². The Morgan fingerprint density at radius 2 is 2.21 bits per heavy atom. The lowest BCUT2D eigenvalue weighted by Gasteiger charge is -2.05. The first kappa shape index (κ1) is 14.2. The number of aromatic nitrogens is 2. The van der Waals surface area contributed by atoms with Crippen LogP contribution in [0.3, 0.4) is 0 Å². The maximum absolute atomic E-state index is 12.2. The fourth-order valence-corrected chi connectivity index (χ4v) is 4.21. The van der Waals surface area contributed by atoms with Crippen molar-refractivity contribution in [2.75, 3.05) is 0 Å². The molecule has 0 fully saturated rings. The lowest BCUT2D eigenvalue weighted by molar-refractivity contribution is 0.581. The first-order valence-corrected chi connectivity index (χ1v) is 8.02. The van der Waals surface area contributed by atoms with Gasteiger partial charge in [-0.1, -0.05) is 0 Å². The van der Waals surface area contributed by atoms with E-state index in [0.717, 1.165) is 21.0 Å². The van der Waals surface area contributed by atoms with Crippen LogP contribution in [0.5, 0.6) is 0 Å². The smallest absolute Gasteiger partial charge is 0.241 e. The molecule has 0 amide bonds. The summed E-state index contributed by atoms with van der Waals surface area (Å²) < 4.78 is 27.0.